The van der Waals surface area contributed by atoms with Gasteiger partial charge in [0.05, 0.1) is 10.6 Å². The van der Waals surface area contributed by atoms with Gasteiger partial charge in [-0.05, 0) is 87.2 Å². The van der Waals surface area contributed by atoms with Crippen molar-refractivity contribution in [2.24, 2.45) is 0 Å². The molecule has 2 amide bonds. The SMILES string of the molecule is Cc1ccc(S(=O)(=O)N(CC(=O)N(CCc2ccccc2)[C@H](C)C(=O)NC2CCCC2)c2ccc(Oc3ccccc3)cc2)cc1. The molecule has 0 aliphatic heterocycles. The van der Waals surface area contributed by atoms with E-state index in [1.807, 2.05) is 67.6 Å². The second-order valence-electron chi connectivity index (χ2n) is 11.7. The van der Waals surface area contributed by atoms with Gasteiger partial charge >= 0.3 is 0 Å². The number of benzene rings is 4. The largest absolute Gasteiger partial charge is 0.457 e. The minimum absolute atomic E-state index is 0.0679. The molecule has 240 valence electrons. The Bertz CT molecular complexity index is 1690. The van der Waals surface area contributed by atoms with Crippen molar-refractivity contribution in [2.45, 2.75) is 62.9 Å². The molecule has 1 saturated carbocycles. The minimum atomic E-state index is -4.16. The minimum Gasteiger partial charge on any atom is -0.457 e. The molecule has 46 heavy (non-hydrogen) atoms. The number of amides is 2. The maximum atomic E-state index is 14.2. The summed E-state index contributed by atoms with van der Waals surface area (Å²) in [5, 5.41) is 3.11. The lowest BCUT2D eigenvalue weighted by atomic mass is 10.1. The van der Waals surface area contributed by atoms with Gasteiger partial charge in [-0.2, -0.15) is 0 Å². The molecule has 0 spiro atoms. The van der Waals surface area contributed by atoms with Gasteiger partial charge in [-0.1, -0.05) is 79.1 Å². The number of para-hydroxylation sites is 1. The highest BCUT2D eigenvalue weighted by Gasteiger charge is 2.33. The van der Waals surface area contributed by atoms with Gasteiger partial charge in [0.1, 0.15) is 24.1 Å². The Morgan fingerprint density at radius 1 is 0.826 bits per heavy atom. The van der Waals surface area contributed by atoms with Crippen LogP contribution in [0, 0.1) is 6.92 Å². The third kappa shape index (κ3) is 8.34. The van der Waals surface area contributed by atoms with Crippen molar-refractivity contribution in [3.63, 3.8) is 0 Å². The molecule has 0 saturated heterocycles. The summed E-state index contributed by atoms with van der Waals surface area (Å²) < 4.78 is 35.3. The molecule has 0 aromatic heterocycles. The van der Waals surface area contributed by atoms with Crippen LogP contribution in [0.4, 0.5) is 5.69 Å². The van der Waals surface area contributed by atoms with E-state index in [2.05, 4.69) is 5.32 Å². The number of anilines is 1. The molecule has 1 atom stereocenters. The summed E-state index contributed by atoms with van der Waals surface area (Å²) in [6.07, 6.45) is 4.49. The second kappa shape index (κ2) is 15.1. The van der Waals surface area contributed by atoms with Crippen molar-refractivity contribution >= 4 is 27.5 Å². The van der Waals surface area contributed by atoms with Gasteiger partial charge in [-0.15, -0.1) is 0 Å². The van der Waals surface area contributed by atoms with E-state index in [4.69, 9.17) is 4.74 Å². The van der Waals surface area contributed by atoms with Crippen molar-refractivity contribution in [2.75, 3.05) is 17.4 Å². The third-order valence-corrected chi connectivity index (χ3v) is 10.1. The van der Waals surface area contributed by atoms with Crippen molar-refractivity contribution in [3.05, 3.63) is 120 Å². The molecule has 4 aromatic carbocycles. The number of carbonyl (C=O) groups excluding carboxylic acids is 2. The van der Waals surface area contributed by atoms with Crippen LogP contribution in [0.25, 0.3) is 0 Å². The Hall–Kier alpha value is -4.63. The molecule has 0 unspecified atom stereocenters. The highest BCUT2D eigenvalue weighted by atomic mass is 32.2. The van der Waals surface area contributed by atoms with Gasteiger partial charge in [0, 0.05) is 12.6 Å². The third-order valence-electron chi connectivity index (χ3n) is 8.34. The summed E-state index contributed by atoms with van der Waals surface area (Å²) in [6.45, 7) is 3.36. The quantitative estimate of drug-likeness (QED) is 0.180. The Labute approximate surface area is 272 Å². The van der Waals surface area contributed by atoms with Crippen LogP contribution < -0.4 is 14.4 Å². The van der Waals surface area contributed by atoms with Crippen LogP contribution in [-0.4, -0.2) is 50.3 Å². The maximum absolute atomic E-state index is 14.2. The van der Waals surface area contributed by atoms with Crippen LogP contribution in [0.2, 0.25) is 0 Å². The predicted molar refractivity (Wildman–Crippen MR) is 180 cm³/mol. The van der Waals surface area contributed by atoms with Crippen molar-refractivity contribution in [3.8, 4) is 11.5 Å². The number of nitrogens with one attached hydrogen (secondary N) is 1. The Morgan fingerprint density at radius 3 is 2.04 bits per heavy atom. The van der Waals surface area contributed by atoms with E-state index >= 15 is 0 Å². The molecule has 8 nitrogen and oxygen atoms in total. The zero-order valence-corrected chi connectivity index (χ0v) is 27.2. The predicted octanol–water partition coefficient (Wildman–Crippen LogP) is 6.50. The molecule has 0 radical (unpaired) electrons. The van der Waals surface area contributed by atoms with Crippen molar-refractivity contribution in [1.82, 2.24) is 10.2 Å². The second-order valence-corrected chi connectivity index (χ2v) is 13.6. The molecule has 0 heterocycles. The number of nitrogens with zero attached hydrogens (tertiary/aromatic N) is 2. The average molecular weight is 640 g/mol. The molecule has 1 aliphatic carbocycles. The lowest BCUT2D eigenvalue weighted by molar-refractivity contribution is -0.139. The monoisotopic (exact) mass is 639 g/mol. The van der Waals surface area contributed by atoms with Gasteiger partial charge in [-0.3, -0.25) is 13.9 Å². The van der Waals surface area contributed by atoms with Crippen LogP contribution in [0.5, 0.6) is 11.5 Å². The normalized spacial score (nSPS) is 14.0. The van der Waals surface area contributed by atoms with Gasteiger partial charge in [0.15, 0.2) is 0 Å². The van der Waals surface area contributed by atoms with Crippen LogP contribution in [0.1, 0.15) is 43.7 Å². The fourth-order valence-electron chi connectivity index (χ4n) is 5.63. The molecule has 1 N–H and O–H groups in total. The van der Waals surface area contributed by atoms with Crippen molar-refractivity contribution in [1.29, 1.82) is 0 Å². The standard InChI is InChI=1S/C37H41N3O5S/c1-28-17-23-35(24-18-28)46(43,44)40(32-19-21-34(22-20-32)45-33-15-7-4-8-16-33)27-36(41)39(26-25-30-11-5-3-6-12-30)29(2)37(42)38-31-13-9-10-14-31/h3-8,11-12,15-24,29,31H,9-10,13-14,25-27H2,1-2H3,(H,38,42)/t29-/m1/s1. The van der Waals surface area contributed by atoms with E-state index in [0.717, 1.165) is 41.1 Å². The van der Waals surface area contributed by atoms with E-state index < -0.39 is 28.5 Å². The zero-order valence-electron chi connectivity index (χ0n) is 26.3. The molecule has 0 bridgehead atoms. The first-order valence-corrected chi connectivity index (χ1v) is 17.2. The van der Waals surface area contributed by atoms with Crippen LogP contribution in [0.3, 0.4) is 0 Å². The molecule has 1 fully saturated rings. The van der Waals surface area contributed by atoms with Crippen LogP contribution in [-0.2, 0) is 26.0 Å². The van der Waals surface area contributed by atoms with E-state index in [1.165, 1.54) is 4.90 Å². The van der Waals surface area contributed by atoms with E-state index in [1.54, 1.807) is 55.5 Å². The number of hydrogen-bond donors (Lipinski definition) is 1. The summed E-state index contributed by atoms with van der Waals surface area (Å²) in [5.74, 6) is 0.470. The Kier molecular flexibility index (Phi) is 10.8. The number of hydrogen-bond acceptors (Lipinski definition) is 5. The summed E-state index contributed by atoms with van der Waals surface area (Å²) in [5.41, 5.74) is 2.24. The molecular formula is C37H41N3O5S. The first-order chi connectivity index (χ1) is 22.2. The molecule has 5 rings (SSSR count). The fraction of sp³-hybridized carbons (Fsp3) is 0.297. The molecule has 4 aromatic rings. The maximum Gasteiger partial charge on any atom is 0.264 e. The average Bonchev–Trinajstić information content (AvgIpc) is 3.58. The van der Waals surface area contributed by atoms with Crippen molar-refractivity contribution < 1.29 is 22.7 Å². The smallest absolute Gasteiger partial charge is 0.264 e. The van der Waals surface area contributed by atoms with E-state index in [9.17, 15) is 18.0 Å². The van der Waals surface area contributed by atoms with Gasteiger partial charge in [0.25, 0.3) is 10.0 Å². The fourth-order valence-corrected chi connectivity index (χ4v) is 7.05. The van der Waals surface area contributed by atoms with Crippen LogP contribution in [0.15, 0.2) is 114 Å². The topological polar surface area (TPSA) is 96.0 Å². The van der Waals surface area contributed by atoms with E-state index in [-0.39, 0.29) is 23.4 Å². The molecule has 9 heteroatoms. The van der Waals surface area contributed by atoms with Gasteiger partial charge in [-0.25, -0.2) is 8.42 Å². The number of aryl methyl sites for hydroxylation is 1. The van der Waals surface area contributed by atoms with Crippen LogP contribution >= 0.6 is 0 Å². The summed E-state index contributed by atoms with van der Waals surface area (Å²) in [6, 6.07) is 31.5. The summed E-state index contributed by atoms with van der Waals surface area (Å²) in [4.78, 5) is 29.2. The molecular weight excluding hydrogens is 598 g/mol. The number of carbonyl (C=O) groups is 2. The first kappa shape index (κ1) is 32.8. The van der Waals surface area contributed by atoms with E-state index in [0.29, 0.717) is 23.6 Å². The summed E-state index contributed by atoms with van der Waals surface area (Å²) in [7, 11) is -4.16. The number of sulfonamides is 1. The Balaban J connectivity index is 1.44. The lowest BCUT2D eigenvalue weighted by Crippen LogP contribution is -2.53. The number of rotatable bonds is 13. The zero-order chi connectivity index (χ0) is 32.5. The van der Waals surface area contributed by atoms with Gasteiger partial charge in [0.2, 0.25) is 11.8 Å². The molecule has 1 aliphatic rings. The first-order valence-electron chi connectivity index (χ1n) is 15.8. The lowest BCUT2D eigenvalue weighted by Gasteiger charge is -2.32. The Morgan fingerprint density at radius 2 is 1.41 bits per heavy atom. The highest BCUT2D eigenvalue weighted by molar-refractivity contribution is 7.92. The highest BCUT2D eigenvalue weighted by Crippen LogP contribution is 2.29. The number of ether oxygens (including phenoxy) is 1. The van der Waals surface area contributed by atoms with Gasteiger partial charge < -0.3 is 15.0 Å². The summed E-state index contributed by atoms with van der Waals surface area (Å²) >= 11 is 0.